The van der Waals surface area contributed by atoms with Crippen molar-refractivity contribution in [1.82, 2.24) is 10.2 Å². The van der Waals surface area contributed by atoms with Gasteiger partial charge in [-0.1, -0.05) is 13.8 Å². The molecular weight excluding hydrogens is 256 g/mol. The fourth-order valence-electron chi connectivity index (χ4n) is 2.47. The van der Waals surface area contributed by atoms with Crippen LogP contribution in [0.1, 0.15) is 47.5 Å². The molecule has 1 saturated heterocycles. The number of hydrogen-bond donors (Lipinski definition) is 1. The van der Waals surface area contributed by atoms with Gasteiger partial charge in [-0.3, -0.25) is 9.69 Å². The van der Waals surface area contributed by atoms with E-state index in [1.165, 1.54) is 0 Å². The first-order chi connectivity index (χ1) is 9.06. The van der Waals surface area contributed by atoms with Crippen LogP contribution in [-0.2, 0) is 9.53 Å². The fourth-order valence-corrected chi connectivity index (χ4v) is 2.47. The predicted molar refractivity (Wildman–Crippen MR) is 78.7 cm³/mol. The Morgan fingerprint density at radius 3 is 2.45 bits per heavy atom. The van der Waals surface area contributed by atoms with E-state index in [0.717, 1.165) is 6.42 Å². The summed E-state index contributed by atoms with van der Waals surface area (Å²) in [6.45, 7) is 10.6. The smallest absolute Gasteiger partial charge is 0.410 e. The summed E-state index contributed by atoms with van der Waals surface area (Å²) >= 11 is 0. The highest BCUT2D eigenvalue weighted by molar-refractivity contribution is 5.89. The number of likely N-dealkylation sites (N-methyl/N-ethyl adjacent to an activating group) is 1. The average molecular weight is 284 g/mol. The van der Waals surface area contributed by atoms with Crippen LogP contribution in [0.2, 0.25) is 0 Å². The summed E-state index contributed by atoms with van der Waals surface area (Å²) in [6, 6.07) is -0.370. The minimum atomic E-state index is -0.546. The van der Waals surface area contributed by atoms with E-state index in [1.807, 2.05) is 20.8 Å². The molecule has 1 heterocycles. The molecule has 1 N–H and O–H groups in total. The largest absolute Gasteiger partial charge is 0.444 e. The molecule has 0 aromatic carbocycles. The Morgan fingerprint density at radius 2 is 1.95 bits per heavy atom. The van der Waals surface area contributed by atoms with E-state index in [2.05, 4.69) is 19.2 Å². The lowest BCUT2D eigenvalue weighted by Gasteiger charge is -2.43. The second kappa shape index (κ2) is 6.12. The summed E-state index contributed by atoms with van der Waals surface area (Å²) in [7, 11) is 1.74. The summed E-state index contributed by atoms with van der Waals surface area (Å²) < 4.78 is 5.44. The Balaban J connectivity index is 2.87. The zero-order valence-electron chi connectivity index (χ0n) is 13.6. The third-order valence-corrected chi connectivity index (χ3v) is 3.42. The molecule has 1 amide bonds. The molecule has 0 aliphatic carbocycles. The van der Waals surface area contributed by atoms with Crippen molar-refractivity contribution in [3.63, 3.8) is 0 Å². The molecule has 0 saturated carbocycles. The first kappa shape index (κ1) is 17.0. The van der Waals surface area contributed by atoms with Gasteiger partial charge in [0.05, 0.1) is 12.6 Å². The van der Waals surface area contributed by atoms with Gasteiger partial charge in [0, 0.05) is 6.54 Å². The molecule has 1 unspecified atom stereocenters. The van der Waals surface area contributed by atoms with Crippen LogP contribution in [0.3, 0.4) is 0 Å². The van der Waals surface area contributed by atoms with E-state index in [9.17, 15) is 9.59 Å². The first-order valence-corrected chi connectivity index (χ1v) is 7.23. The van der Waals surface area contributed by atoms with E-state index in [1.54, 1.807) is 11.9 Å². The lowest BCUT2D eigenvalue weighted by molar-refractivity contribution is -0.125. The Kier molecular flexibility index (Phi) is 5.19. The average Bonchev–Trinajstić information content (AvgIpc) is 2.25. The summed E-state index contributed by atoms with van der Waals surface area (Å²) in [5.41, 5.74) is -0.525. The standard InChI is InChI=1S/C15H28N2O3/c1-14(2,3)20-13(19)17-10-15(4,5)8-7-11(17)12(18)9-16-6/h11,16H,7-10H2,1-6H3. The van der Waals surface area contributed by atoms with Crippen LogP contribution in [-0.4, -0.2) is 48.6 Å². The Bertz CT molecular complexity index is 372. The highest BCUT2D eigenvalue weighted by Crippen LogP contribution is 2.33. The molecule has 0 spiro atoms. The molecule has 5 heteroatoms. The Labute approximate surface area is 122 Å². The maximum Gasteiger partial charge on any atom is 0.410 e. The van der Waals surface area contributed by atoms with Gasteiger partial charge in [0.15, 0.2) is 5.78 Å². The Morgan fingerprint density at radius 1 is 1.35 bits per heavy atom. The molecule has 1 atom stereocenters. The Hall–Kier alpha value is -1.10. The number of carbonyl (C=O) groups excluding carboxylic acids is 2. The van der Waals surface area contributed by atoms with Crippen LogP contribution in [0.25, 0.3) is 0 Å². The van der Waals surface area contributed by atoms with Gasteiger partial charge in [-0.15, -0.1) is 0 Å². The normalized spacial score (nSPS) is 22.5. The monoisotopic (exact) mass is 284 g/mol. The van der Waals surface area contributed by atoms with Gasteiger partial charge in [-0.25, -0.2) is 4.79 Å². The van der Waals surface area contributed by atoms with Crippen molar-refractivity contribution in [2.24, 2.45) is 5.41 Å². The number of ketones is 1. The van der Waals surface area contributed by atoms with E-state index in [4.69, 9.17) is 4.74 Å². The molecule has 20 heavy (non-hydrogen) atoms. The molecule has 0 aromatic heterocycles. The van der Waals surface area contributed by atoms with Crippen molar-refractivity contribution >= 4 is 11.9 Å². The van der Waals surface area contributed by atoms with Crippen LogP contribution in [0.15, 0.2) is 0 Å². The third-order valence-electron chi connectivity index (χ3n) is 3.42. The third kappa shape index (κ3) is 4.78. The number of ether oxygens (including phenoxy) is 1. The van der Waals surface area contributed by atoms with Crippen LogP contribution in [0.5, 0.6) is 0 Å². The molecule has 0 bridgehead atoms. The minimum absolute atomic E-state index is 0.0212. The maximum atomic E-state index is 12.4. The van der Waals surface area contributed by atoms with Gasteiger partial charge in [0.25, 0.3) is 0 Å². The number of hydrogen-bond acceptors (Lipinski definition) is 4. The quantitative estimate of drug-likeness (QED) is 0.863. The van der Waals surface area contributed by atoms with Gasteiger partial charge < -0.3 is 10.1 Å². The zero-order valence-corrected chi connectivity index (χ0v) is 13.6. The number of amides is 1. The molecule has 5 nitrogen and oxygen atoms in total. The molecule has 1 fully saturated rings. The van der Waals surface area contributed by atoms with E-state index in [0.29, 0.717) is 13.0 Å². The van der Waals surface area contributed by atoms with Gasteiger partial charge in [0.1, 0.15) is 5.60 Å². The van der Waals surface area contributed by atoms with Crippen LogP contribution >= 0.6 is 0 Å². The number of nitrogens with zero attached hydrogens (tertiary/aromatic N) is 1. The van der Waals surface area contributed by atoms with Crippen LogP contribution < -0.4 is 5.32 Å². The molecule has 0 aromatic rings. The second-order valence-electron chi connectivity index (χ2n) is 7.32. The SMILES string of the molecule is CNCC(=O)C1CCC(C)(C)CN1C(=O)OC(C)(C)C. The van der Waals surface area contributed by atoms with Crippen molar-refractivity contribution in [3.05, 3.63) is 0 Å². The summed E-state index contributed by atoms with van der Waals surface area (Å²) in [6.07, 6.45) is 1.25. The van der Waals surface area contributed by atoms with Gasteiger partial charge in [0.2, 0.25) is 0 Å². The summed E-state index contributed by atoms with van der Waals surface area (Å²) in [5.74, 6) is 0.0499. The highest BCUT2D eigenvalue weighted by Gasteiger charge is 2.40. The van der Waals surface area contributed by atoms with E-state index >= 15 is 0 Å². The van der Waals surface area contributed by atoms with Gasteiger partial charge >= 0.3 is 6.09 Å². The van der Waals surface area contributed by atoms with Crippen molar-refractivity contribution in [2.45, 2.75) is 59.1 Å². The molecule has 116 valence electrons. The highest BCUT2D eigenvalue weighted by atomic mass is 16.6. The molecular formula is C15H28N2O3. The molecule has 1 aliphatic heterocycles. The van der Waals surface area contributed by atoms with E-state index in [-0.39, 0.29) is 29.9 Å². The minimum Gasteiger partial charge on any atom is -0.444 e. The molecule has 1 aliphatic rings. The number of carbonyl (C=O) groups is 2. The van der Waals surface area contributed by atoms with Crippen molar-refractivity contribution < 1.29 is 14.3 Å². The van der Waals surface area contributed by atoms with Crippen LogP contribution in [0, 0.1) is 5.41 Å². The summed E-state index contributed by atoms with van der Waals surface area (Å²) in [4.78, 5) is 26.1. The second-order valence-corrected chi connectivity index (χ2v) is 7.32. The summed E-state index contributed by atoms with van der Waals surface area (Å²) in [5, 5.41) is 2.86. The lowest BCUT2D eigenvalue weighted by atomic mass is 9.80. The zero-order chi connectivity index (χ0) is 15.6. The predicted octanol–water partition coefficient (Wildman–Crippen LogP) is 2.20. The first-order valence-electron chi connectivity index (χ1n) is 7.23. The van der Waals surface area contributed by atoms with Crippen LogP contribution in [0.4, 0.5) is 4.79 Å². The topological polar surface area (TPSA) is 58.6 Å². The van der Waals surface area contributed by atoms with Crippen molar-refractivity contribution in [1.29, 1.82) is 0 Å². The number of Topliss-reactive ketones (excluding diaryl/α,β-unsaturated/α-hetero) is 1. The fraction of sp³-hybridized carbons (Fsp3) is 0.867. The van der Waals surface area contributed by atoms with Crippen molar-refractivity contribution in [3.8, 4) is 0 Å². The van der Waals surface area contributed by atoms with Crippen molar-refractivity contribution in [2.75, 3.05) is 20.1 Å². The van der Waals surface area contributed by atoms with Gasteiger partial charge in [-0.05, 0) is 46.1 Å². The maximum absolute atomic E-state index is 12.4. The number of piperidine rings is 1. The molecule has 1 rings (SSSR count). The lowest BCUT2D eigenvalue weighted by Crippen LogP contribution is -2.55. The van der Waals surface area contributed by atoms with E-state index < -0.39 is 5.60 Å². The number of likely N-dealkylation sites (tertiary alicyclic amines) is 1. The number of rotatable bonds is 3. The van der Waals surface area contributed by atoms with Gasteiger partial charge in [-0.2, -0.15) is 0 Å². The molecule has 0 radical (unpaired) electrons. The number of nitrogens with one attached hydrogen (secondary N) is 1.